The van der Waals surface area contributed by atoms with Crippen LogP contribution in [0.2, 0.25) is 0 Å². The van der Waals surface area contributed by atoms with E-state index in [1.807, 2.05) is 32.0 Å². The van der Waals surface area contributed by atoms with E-state index in [-0.39, 0.29) is 22.6 Å². The molecule has 0 atom stereocenters. The molecule has 0 aliphatic carbocycles. The SMILES string of the molecule is CCc1cccc(CC)c1N(C)C(=O)c1cccc2c1C(=O)NC2=O. The van der Waals surface area contributed by atoms with Gasteiger partial charge in [0.2, 0.25) is 0 Å². The van der Waals surface area contributed by atoms with Crippen molar-refractivity contribution in [1.82, 2.24) is 5.32 Å². The minimum atomic E-state index is -0.517. The quantitative estimate of drug-likeness (QED) is 0.873. The number of anilines is 1. The molecule has 5 heteroatoms. The maximum absolute atomic E-state index is 13.1. The minimum Gasteiger partial charge on any atom is -0.311 e. The van der Waals surface area contributed by atoms with Gasteiger partial charge in [0.05, 0.1) is 16.7 Å². The number of amides is 3. The number of hydrogen-bond donors (Lipinski definition) is 1. The first-order chi connectivity index (χ1) is 12.0. The highest BCUT2D eigenvalue weighted by Gasteiger charge is 2.32. The van der Waals surface area contributed by atoms with Crippen molar-refractivity contribution in [3.8, 4) is 0 Å². The maximum Gasteiger partial charge on any atom is 0.259 e. The molecule has 1 aliphatic rings. The van der Waals surface area contributed by atoms with E-state index < -0.39 is 11.8 Å². The summed E-state index contributed by atoms with van der Waals surface area (Å²) in [5, 5.41) is 2.25. The van der Waals surface area contributed by atoms with Gasteiger partial charge in [-0.15, -0.1) is 0 Å². The van der Waals surface area contributed by atoms with Crippen molar-refractivity contribution in [2.75, 3.05) is 11.9 Å². The van der Waals surface area contributed by atoms with E-state index in [0.717, 1.165) is 29.7 Å². The van der Waals surface area contributed by atoms with Gasteiger partial charge in [0.1, 0.15) is 0 Å². The monoisotopic (exact) mass is 336 g/mol. The van der Waals surface area contributed by atoms with Gasteiger partial charge in [0.15, 0.2) is 0 Å². The van der Waals surface area contributed by atoms with Gasteiger partial charge in [-0.05, 0) is 36.1 Å². The fraction of sp³-hybridized carbons (Fsp3) is 0.250. The summed E-state index contributed by atoms with van der Waals surface area (Å²) in [5.41, 5.74) is 3.68. The maximum atomic E-state index is 13.1. The van der Waals surface area contributed by atoms with E-state index in [1.165, 1.54) is 0 Å². The lowest BCUT2D eigenvalue weighted by Gasteiger charge is -2.24. The van der Waals surface area contributed by atoms with Crippen LogP contribution in [0.3, 0.4) is 0 Å². The minimum absolute atomic E-state index is 0.163. The number of para-hydroxylation sites is 1. The Balaban J connectivity index is 2.10. The lowest BCUT2D eigenvalue weighted by molar-refractivity contribution is 0.0874. The smallest absolute Gasteiger partial charge is 0.259 e. The molecule has 0 fully saturated rings. The normalized spacial score (nSPS) is 12.8. The van der Waals surface area contributed by atoms with Crippen molar-refractivity contribution in [3.05, 3.63) is 64.2 Å². The number of hydrogen-bond acceptors (Lipinski definition) is 3. The van der Waals surface area contributed by atoms with Gasteiger partial charge in [-0.3, -0.25) is 19.7 Å². The van der Waals surface area contributed by atoms with Crippen LogP contribution in [-0.2, 0) is 12.8 Å². The van der Waals surface area contributed by atoms with Crippen molar-refractivity contribution in [2.24, 2.45) is 0 Å². The molecule has 5 nitrogen and oxygen atoms in total. The van der Waals surface area contributed by atoms with Crippen LogP contribution in [0.1, 0.15) is 56.0 Å². The van der Waals surface area contributed by atoms with Crippen LogP contribution in [0.15, 0.2) is 36.4 Å². The van der Waals surface area contributed by atoms with Crippen LogP contribution in [0.5, 0.6) is 0 Å². The van der Waals surface area contributed by atoms with Crippen LogP contribution >= 0.6 is 0 Å². The Labute approximate surface area is 146 Å². The standard InChI is InChI=1S/C20H20N2O3/c1-4-12-8-6-9-13(5-2)17(12)22(3)20(25)15-11-7-10-14-16(15)19(24)21-18(14)23/h6-11H,4-5H2,1-3H3,(H,21,23,24). The third-order valence-corrected chi connectivity index (χ3v) is 4.60. The molecule has 2 aromatic carbocycles. The average Bonchev–Trinajstić information content (AvgIpc) is 2.94. The van der Waals surface area contributed by atoms with Gasteiger partial charge in [-0.1, -0.05) is 38.1 Å². The van der Waals surface area contributed by atoms with Gasteiger partial charge in [-0.2, -0.15) is 0 Å². The van der Waals surface area contributed by atoms with E-state index in [0.29, 0.717) is 0 Å². The third kappa shape index (κ3) is 2.71. The molecule has 0 aromatic heterocycles. The zero-order valence-corrected chi connectivity index (χ0v) is 14.6. The Kier molecular flexibility index (Phi) is 4.40. The van der Waals surface area contributed by atoms with Gasteiger partial charge < -0.3 is 4.90 Å². The fourth-order valence-electron chi connectivity index (χ4n) is 3.33. The highest BCUT2D eigenvalue weighted by Crippen LogP contribution is 2.29. The lowest BCUT2D eigenvalue weighted by atomic mass is 9.99. The van der Waals surface area contributed by atoms with Crippen molar-refractivity contribution in [3.63, 3.8) is 0 Å². The van der Waals surface area contributed by atoms with E-state index in [2.05, 4.69) is 5.32 Å². The Morgan fingerprint density at radius 1 is 0.960 bits per heavy atom. The zero-order valence-electron chi connectivity index (χ0n) is 14.6. The summed E-state index contributed by atoms with van der Waals surface area (Å²) in [6.45, 7) is 4.09. The summed E-state index contributed by atoms with van der Waals surface area (Å²) >= 11 is 0. The first-order valence-corrected chi connectivity index (χ1v) is 8.37. The summed E-state index contributed by atoms with van der Waals surface area (Å²) in [5.74, 6) is -1.27. The number of benzene rings is 2. The van der Waals surface area contributed by atoms with E-state index in [4.69, 9.17) is 0 Å². The van der Waals surface area contributed by atoms with Crippen LogP contribution < -0.4 is 10.2 Å². The molecule has 3 rings (SSSR count). The summed E-state index contributed by atoms with van der Waals surface area (Å²) in [4.78, 5) is 38.7. The van der Waals surface area contributed by atoms with Crippen molar-refractivity contribution < 1.29 is 14.4 Å². The predicted octanol–water partition coefficient (Wildman–Crippen LogP) is 2.97. The molecule has 0 spiro atoms. The fourth-order valence-corrected chi connectivity index (χ4v) is 3.33. The molecule has 128 valence electrons. The molecule has 0 saturated heterocycles. The molecule has 3 amide bonds. The second-order valence-electron chi connectivity index (χ2n) is 6.01. The van der Waals surface area contributed by atoms with Crippen LogP contribution in [0.4, 0.5) is 5.69 Å². The Morgan fingerprint density at radius 3 is 2.16 bits per heavy atom. The molecule has 25 heavy (non-hydrogen) atoms. The Bertz CT molecular complexity index is 864. The molecular weight excluding hydrogens is 316 g/mol. The Morgan fingerprint density at radius 2 is 1.56 bits per heavy atom. The molecule has 1 aliphatic heterocycles. The number of aryl methyl sites for hydroxylation is 2. The van der Waals surface area contributed by atoms with Crippen LogP contribution in [0.25, 0.3) is 0 Å². The molecule has 2 aromatic rings. The van der Waals surface area contributed by atoms with E-state index in [1.54, 1.807) is 30.1 Å². The van der Waals surface area contributed by atoms with Crippen molar-refractivity contribution >= 4 is 23.4 Å². The number of carbonyl (C=O) groups excluding carboxylic acids is 3. The zero-order chi connectivity index (χ0) is 18.1. The van der Waals surface area contributed by atoms with Crippen molar-refractivity contribution in [2.45, 2.75) is 26.7 Å². The van der Waals surface area contributed by atoms with Gasteiger partial charge in [0, 0.05) is 12.7 Å². The first-order valence-electron chi connectivity index (χ1n) is 8.37. The number of rotatable bonds is 4. The second-order valence-corrected chi connectivity index (χ2v) is 6.01. The van der Waals surface area contributed by atoms with Crippen LogP contribution in [0, 0.1) is 0 Å². The third-order valence-electron chi connectivity index (χ3n) is 4.60. The van der Waals surface area contributed by atoms with Crippen LogP contribution in [-0.4, -0.2) is 24.8 Å². The summed E-state index contributed by atoms with van der Waals surface area (Å²) in [7, 11) is 1.71. The van der Waals surface area contributed by atoms with Gasteiger partial charge >= 0.3 is 0 Å². The number of carbonyl (C=O) groups is 3. The number of nitrogens with zero attached hydrogens (tertiary/aromatic N) is 1. The molecule has 0 saturated carbocycles. The highest BCUT2D eigenvalue weighted by molar-refractivity contribution is 6.26. The summed E-state index contributed by atoms with van der Waals surface area (Å²) in [6.07, 6.45) is 1.60. The summed E-state index contributed by atoms with van der Waals surface area (Å²) < 4.78 is 0. The second kappa shape index (κ2) is 6.51. The van der Waals surface area contributed by atoms with E-state index >= 15 is 0 Å². The molecule has 0 bridgehead atoms. The molecule has 1 heterocycles. The lowest BCUT2D eigenvalue weighted by Crippen LogP contribution is -2.30. The number of imide groups is 1. The van der Waals surface area contributed by atoms with E-state index in [9.17, 15) is 14.4 Å². The topological polar surface area (TPSA) is 66.5 Å². The van der Waals surface area contributed by atoms with Gasteiger partial charge in [-0.25, -0.2) is 0 Å². The summed E-state index contributed by atoms with van der Waals surface area (Å²) in [6, 6.07) is 10.8. The molecule has 1 N–H and O–H groups in total. The molecular formula is C20H20N2O3. The number of nitrogens with one attached hydrogen (secondary N) is 1. The van der Waals surface area contributed by atoms with Gasteiger partial charge in [0.25, 0.3) is 17.7 Å². The van der Waals surface area contributed by atoms with Crippen molar-refractivity contribution in [1.29, 1.82) is 0 Å². The first kappa shape index (κ1) is 16.9. The molecule has 0 unspecified atom stereocenters. The number of fused-ring (bicyclic) bond motifs is 1. The Hall–Kier alpha value is -2.95. The highest BCUT2D eigenvalue weighted by atomic mass is 16.2. The largest absolute Gasteiger partial charge is 0.311 e. The average molecular weight is 336 g/mol. The predicted molar refractivity (Wildman–Crippen MR) is 96.2 cm³/mol. The molecule has 0 radical (unpaired) electrons.